The first-order valence-corrected chi connectivity index (χ1v) is 13.5. The fourth-order valence-electron chi connectivity index (χ4n) is 4.57. The standard InChI is InChI=1S/C29H32N2O5S/c1-18-8-10-21(16-19(18)2)35-14-12-34-13-15-36-23-11-9-20(17-24(23)33-3)27-30-28(32)26-22-6-4-5-7-25(22)37-29(26)31-27/h8-11,16-17H,4-7,12-15H2,1-3H3,(H,30,31,32). The molecule has 0 unspecified atom stereocenters. The van der Waals surface area contributed by atoms with Gasteiger partial charge in [-0.1, -0.05) is 6.07 Å². The van der Waals surface area contributed by atoms with Crippen molar-refractivity contribution >= 4 is 21.6 Å². The summed E-state index contributed by atoms with van der Waals surface area (Å²) in [6, 6.07) is 11.6. The van der Waals surface area contributed by atoms with E-state index in [2.05, 4.69) is 24.9 Å². The molecule has 0 bridgehead atoms. The number of aromatic nitrogens is 2. The van der Waals surface area contributed by atoms with Crippen LogP contribution >= 0.6 is 11.3 Å². The molecule has 194 valence electrons. The van der Waals surface area contributed by atoms with Gasteiger partial charge in [-0.3, -0.25) is 4.79 Å². The summed E-state index contributed by atoms with van der Waals surface area (Å²) in [6.45, 7) is 5.90. The third-order valence-corrected chi connectivity index (χ3v) is 7.91. The zero-order valence-corrected chi connectivity index (χ0v) is 22.3. The second-order valence-electron chi connectivity index (χ2n) is 9.23. The predicted octanol–water partition coefficient (Wildman–Crippen LogP) is 5.63. The Bertz CT molecular complexity index is 1460. The number of hydrogen-bond acceptors (Lipinski definition) is 7. The Kier molecular flexibility index (Phi) is 7.76. The normalized spacial score (nSPS) is 12.9. The van der Waals surface area contributed by atoms with E-state index in [0.29, 0.717) is 43.8 Å². The zero-order valence-electron chi connectivity index (χ0n) is 21.5. The van der Waals surface area contributed by atoms with Crippen molar-refractivity contribution in [2.24, 2.45) is 0 Å². The quantitative estimate of drug-likeness (QED) is 0.273. The van der Waals surface area contributed by atoms with E-state index in [1.165, 1.54) is 28.0 Å². The number of ether oxygens (including phenoxy) is 4. The second-order valence-corrected chi connectivity index (χ2v) is 10.3. The van der Waals surface area contributed by atoms with Crippen LogP contribution in [0.15, 0.2) is 41.2 Å². The minimum atomic E-state index is -0.0719. The molecule has 1 aliphatic carbocycles. The lowest BCUT2D eigenvalue weighted by Gasteiger charge is -2.13. The molecule has 8 heteroatoms. The summed E-state index contributed by atoms with van der Waals surface area (Å²) in [5.41, 5.74) is 4.34. The first-order valence-electron chi connectivity index (χ1n) is 12.7. The Balaban J connectivity index is 1.17. The van der Waals surface area contributed by atoms with Crippen molar-refractivity contribution in [2.45, 2.75) is 39.5 Å². The highest BCUT2D eigenvalue weighted by molar-refractivity contribution is 7.18. The van der Waals surface area contributed by atoms with Crippen LogP contribution in [0.4, 0.5) is 0 Å². The van der Waals surface area contributed by atoms with Crippen LogP contribution in [0.2, 0.25) is 0 Å². The van der Waals surface area contributed by atoms with Gasteiger partial charge in [-0.05, 0) is 86.6 Å². The molecular formula is C29H32N2O5S. The molecule has 0 saturated heterocycles. The maximum absolute atomic E-state index is 12.9. The third kappa shape index (κ3) is 5.65. The topological polar surface area (TPSA) is 82.7 Å². The summed E-state index contributed by atoms with van der Waals surface area (Å²) < 4.78 is 22.8. The summed E-state index contributed by atoms with van der Waals surface area (Å²) in [7, 11) is 1.60. The lowest BCUT2D eigenvalue weighted by molar-refractivity contribution is 0.0757. The molecule has 0 fully saturated rings. The molecular weight excluding hydrogens is 488 g/mol. The Hall–Kier alpha value is -3.36. The fourth-order valence-corrected chi connectivity index (χ4v) is 5.83. The van der Waals surface area contributed by atoms with Crippen molar-refractivity contribution in [3.63, 3.8) is 0 Å². The first kappa shape index (κ1) is 25.3. The number of thiophene rings is 1. The van der Waals surface area contributed by atoms with Crippen molar-refractivity contribution in [2.75, 3.05) is 33.5 Å². The number of benzene rings is 2. The molecule has 0 atom stereocenters. The minimum absolute atomic E-state index is 0.0719. The number of fused-ring (bicyclic) bond motifs is 3. The number of aryl methyl sites for hydroxylation is 4. The smallest absolute Gasteiger partial charge is 0.260 e. The van der Waals surface area contributed by atoms with Crippen LogP contribution in [0.5, 0.6) is 17.2 Å². The molecule has 0 saturated carbocycles. The van der Waals surface area contributed by atoms with E-state index in [1.807, 2.05) is 30.3 Å². The largest absolute Gasteiger partial charge is 0.493 e. The predicted molar refractivity (Wildman–Crippen MR) is 147 cm³/mol. The van der Waals surface area contributed by atoms with Gasteiger partial charge >= 0.3 is 0 Å². The average Bonchev–Trinajstić information content (AvgIpc) is 3.29. The number of nitrogens with zero attached hydrogens (tertiary/aromatic N) is 1. The van der Waals surface area contributed by atoms with E-state index in [1.54, 1.807) is 18.4 Å². The van der Waals surface area contributed by atoms with Crippen LogP contribution in [-0.2, 0) is 17.6 Å². The van der Waals surface area contributed by atoms with Gasteiger partial charge in [-0.15, -0.1) is 11.3 Å². The van der Waals surface area contributed by atoms with Crippen LogP contribution in [-0.4, -0.2) is 43.5 Å². The van der Waals surface area contributed by atoms with Crippen LogP contribution in [0.1, 0.15) is 34.4 Å². The van der Waals surface area contributed by atoms with Crippen LogP contribution < -0.4 is 19.8 Å². The van der Waals surface area contributed by atoms with E-state index in [9.17, 15) is 4.79 Å². The van der Waals surface area contributed by atoms with Crippen molar-refractivity contribution in [1.29, 1.82) is 0 Å². The molecule has 0 aliphatic heterocycles. The van der Waals surface area contributed by atoms with Gasteiger partial charge in [0, 0.05) is 10.4 Å². The summed E-state index contributed by atoms with van der Waals surface area (Å²) in [6.07, 6.45) is 4.30. The summed E-state index contributed by atoms with van der Waals surface area (Å²) in [5, 5.41) is 0.759. The highest BCUT2D eigenvalue weighted by Crippen LogP contribution is 2.35. The molecule has 0 spiro atoms. The molecule has 2 aromatic heterocycles. The number of hydrogen-bond donors (Lipinski definition) is 1. The lowest BCUT2D eigenvalue weighted by Crippen LogP contribution is -2.12. The average molecular weight is 521 g/mol. The SMILES string of the molecule is COc1cc(-c2nc3sc4c(c3c(=O)[nH]2)CCCC4)ccc1OCCOCCOc1ccc(C)c(C)c1. The molecule has 5 rings (SSSR count). The highest BCUT2D eigenvalue weighted by Gasteiger charge is 2.20. The van der Waals surface area contributed by atoms with Gasteiger partial charge in [0.1, 0.15) is 29.6 Å². The van der Waals surface area contributed by atoms with Crippen molar-refractivity contribution in [3.05, 3.63) is 68.3 Å². The van der Waals surface area contributed by atoms with Gasteiger partial charge in [-0.25, -0.2) is 4.98 Å². The molecule has 7 nitrogen and oxygen atoms in total. The maximum atomic E-state index is 12.9. The van der Waals surface area contributed by atoms with Crippen LogP contribution in [0.3, 0.4) is 0 Å². The Labute approximate surface area is 220 Å². The Morgan fingerprint density at radius 1 is 0.919 bits per heavy atom. The zero-order chi connectivity index (χ0) is 25.8. The van der Waals surface area contributed by atoms with Gasteiger partial charge < -0.3 is 23.9 Å². The van der Waals surface area contributed by atoms with Crippen molar-refractivity contribution < 1.29 is 18.9 Å². The van der Waals surface area contributed by atoms with Crippen molar-refractivity contribution in [1.82, 2.24) is 9.97 Å². The first-order chi connectivity index (χ1) is 18.0. The highest BCUT2D eigenvalue weighted by atomic mass is 32.1. The second kappa shape index (κ2) is 11.4. The molecule has 1 N–H and O–H groups in total. The number of methoxy groups -OCH3 is 1. The monoisotopic (exact) mass is 520 g/mol. The number of aromatic amines is 1. The number of nitrogens with one attached hydrogen (secondary N) is 1. The van der Waals surface area contributed by atoms with E-state index in [0.717, 1.165) is 40.8 Å². The number of H-pyrrole nitrogens is 1. The molecule has 4 aromatic rings. The summed E-state index contributed by atoms with van der Waals surface area (Å²) in [4.78, 5) is 22.8. The van der Waals surface area contributed by atoms with Gasteiger partial charge in [-0.2, -0.15) is 0 Å². The van der Waals surface area contributed by atoms with Crippen LogP contribution in [0.25, 0.3) is 21.6 Å². The van der Waals surface area contributed by atoms with E-state index in [-0.39, 0.29) is 5.56 Å². The molecule has 0 amide bonds. The molecule has 2 heterocycles. The van der Waals surface area contributed by atoms with Gasteiger partial charge in [0.15, 0.2) is 11.5 Å². The van der Waals surface area contributed by atoms with Gasteiger partial charge in [0.2, 0.25) is 0 Å². The van der Waals surface area contributed by atoms with E-state index in [4.69, 9.17) is 23.9 Å². The fraction of sp³-hybridized carbons (Fsp3) is 0.379. The Morgan fingerprint density at radius 2 is 1.73 bits per heavy atom. The summed E-state index contributed by atoms with van der Waals surface area (Å²) in [5.74, 6) is 2.56. The maximum Gasteiger partial charge on any atom is 0.260 e. The van der Waals surface area contributed by atoms with E-state index < -0.39 is 0 Å². The lowest BCUT2D eigenvalue weighted by atomic mass is 9.97. The molecule has 1 aliphatic rings. The van der Waals surface area contributed by atoms with Crippen molar-refractivity contribution in [3.8, 4) is 28.6 Å². The number of rotatable bonds is 10. The minimum Gasteiger partial charge on any atom is -0.493 e. The molecule has 37 heavy (non-hydrogen) atoms. The summed E-state index contributed by atoms with van der Waals surface area (Å²) >= 11 is 1.64. The van der Waals surface area contributed by atoms with Gasteiger partial charge in [0.05, 0.1) is 25.7 Å². The van der Waals surface area contributed by atoms with E-state index >= 15 is 0 Å². The van der Waals surface area contributed by atoms with Crippen LogP contribution in [0, 0.1) is 13.8 Å². The molecule has 0 radical (unpaired) electrons. The third-order valence-electron chi connectivity index (χ3n) is 6.72. The Morgan fingerprint density at radius 3 is 2.54 bits per heavy atom. The molecule has 2 aromatic carbocycles. The van der Waals surface area contributed by atoms with Gasteiger partial charge in [0.25, 0.3) is 5.56 Å².